The predicted molar refractivity (Wildman–Crippen MR) is 75.5 cm³/mol. The van der Waals surface area contributed by atoms with Crippen LogP contribution in [0.3, 0.4) is 0 Å². The highest BCUT2D eigenvalue weighted by Crippen LogP contribution is 2.29. The van der Waals surface area contributed by atoms with Crippen molar-refractivity contribution in [1.82, 2.24) is 5.32 Å². The molecule has 2 heterocycles. The molecule has 0 saturated heterocycles. The number of rotatable bonds is 6. The van der Waals surface area contributed by atoms with Gasteiger partial charge < -0.3 is 15.5 Å². The van der Waals surface area contributed by atoms with Gasteiger partial charge in [0.25, 0.3) is 5.91 Å². The maximum Gasteiger partial charge on any atom is 0.326 e. The maximum atomic E-state index is 12.0. The summed E-state index contributed by atoms with van der Waals surface area (Å²) < 4.78 is 1.94. The van der Waals surface area contributed by atoms with Crippen molar-refractivity contribution in [3.63, 3.8) is 0 Å². The summed E-state index contributed by atoms with van der Waals surface area (Å²) in [4.78, 5) is 33.9. The Bertz CT molecular complexity index is 631. The number of nitrogens with one attached hydrogen (secondary N) is 1. The molecule has 2 rings (SSSR count). The highest BCUT2D eigenvalue weighted by atomic mass is 32.1. The molecule has 0 aliphatic rings. The van der Waals surface area contributed by atoms with Crippen LogP contribution in [-0.2, 0) is 9.59 Å². The lowest BCUT2D eigenvalue weighted by Crippen LogP contribution is -2.40. The van der Waals surface area contributed by atoms with Crippen LogP contribution < -0.4 is 5.32 Å². The van der Waals surface area contributed by atoms with E-state index < -0.39 is 23.9 Å². The van der Waals surface area contributed by atoms with Crippen molar-refractivity contribution in [1.29, 1.82) is 0 Å². The maximum absolute atomic E-state index is 12.0. The minimum atomic E-state index is -1.24. The lowest BCUT2D eigenvalue weighted by atomic mass is 10.1. The Morgan fingerprint density at radius 3 is 2.60 bits per heavy atom. The molecule has 0 bridgehead atoms. The molecular formula is C12H11NO5S2. The molecule has 20 heavy (non-hydrogen) atoms. The van der Waals surface area contributed by atoms with E-state index in [2.05, 4.69) is 5.32 Å². The number of hydrogen-bond acceptors (Lipinski definition) is 5. The van der Waals surface area contributed by atoms with Gasteiger partial charge in [-0.1, -0.05) is 0 Å². The molecule has 0 aromatic carbocycles. The number of fused-ring (bicyclic) bond motifs is 1. The van der Waals surface area contributed by atoms with E-state index in [1.807, 2.05) is 11.4 Å². The smallest absolute Gasteiger partial charge is 0.326 e. The first kappa shape index (κ1) is 14.5. The topological polar surface area (TPSA) is 104 Å². The van der Waals surface area contributed by atoms with Crippen molar-refractivity contribution < 1.29 is 24.6 Å². The van der Waals surface area contributed by atoms with Gasteiger partial charge in [0.1, 0.15) is 6.04 Å². The fraction of sp³-hybridized carbons (Fsp3) is 0.250. The number of carboxylic acid groups (broad SMARTS) is 2. The van der Waals surface area contributed by atoms with E-state index in [0.29, 0.717) is 4.88 Å². The molecule has 2 aromatic heterocycles. The van der Waals surface area contributed by atoms with Crippen LogP contribution in [0.25, 0.3) is 9.40 Å². The summed E-state index contributed by atoms with van der Waals surface area (Å²) in [6, 6.07) is 2.40. The molecule has 1 amide bonds. The lowest BCUT2D eigenvalue weighted by molar-refractivity contribution is -0.140. The zero-order valence-corrected chi connectivity index (χ0v) is 11.8. The molecule has 3 N–H and O–H groups in total. The Morgan fingerprint density at radius 2 is 2.00 bits per heavy atom. The first-order valence-electron chi connectivity index (χ1n) is 5.70. The zero-order chi connectivity index (χ0) is 14.7. The number of thiophene rings is 2. The van der Waals surface area contributed by atoms with Crippen molar-refractivity contribution in [3.8, 4) is 0 Å². The Hall–Kier alpha value is -1.93. The van der Waals surface area contributed by atoms with Crippen LogP contribution in [-0.4, -0.2) is 34.1 Å². The van der Waals surface area contributed by atoms with Gasteiger partial charge in [0.15, 0.2) is 0 Å². The highest BCUT2D eigenvalue weighted by molar-refractivity contribution is 7.27. The molecule has 0 aliphatic carbocycles. The summed E-state index contributed by atoms with van der Waals surface area (Å²) in [6.07, 6.45) is -0.451. The van der Waals surface area contributed by atoms with Gasteiger partial charge in [0.2, 0.25) is 0 Å². The summed E-state index contributed by atoms with van der Waals surface area (Å²) >= 11 is 2.78. The Labute approximate surface area is 121 Å². The van der Waals surface area contributed by atoms with E-state index in [9.17, 15) is 14.4 Å². The highest BCUT2D eigenvalue weighted by Gasteiger charge is 2.22. The molecule has 8 heteroatoms. The SMILES string of the molecule is O=C(O)CCC(NC(=O)c1cc2sccc2s1)C(=O)O. The summed E-state index contributed by atoms with van der Waals surface area (Å²) in [6.45, 7) is 0. The van der Waals surface area contributed by atoms with Gasteiger partial charge in [0.05, 0.1) is 4.88 Å². The predicted octanol–water partition coefficient (Wildman–Crippen LogP) is 2.01. The van der Waals surface area contributed by atoms with E-state index in [1.54, 1.807) is 6.07 Å². The molecule has 0 fully saturated rings. The van der Waals surface area contributed by atoms with Gasteiger partial charge in [-0.05, 0) is 23.9 Å². The van der Waals surface area contributed by atoms with Crippen molar-refractivity contribution in [2.75, 3.05) is 0 Å². The van der Waals surface area contributed by atoms with Gasteiger partial charge in [-0.25, -0.2) is 4.79 Å². The third-order valence-electron chi connectivity index (χ3n) is 2.61. The molecule has 2 aromatic rings. The van der Waals surface area contributed by atoms with Crippen LogP contribution in [0.2, 0.25) is 0 Å². The second kappa shape index (κ2) is 6.02. The second-order valence-electron chi connectivity index (χ2n) is 4.06. The summed E-state index contributed by atoms with van der Waals surface area (Å²) in [7, 11) is 0. The number of aliphatic carboxylic acids is 2. The van der Waals surface area contributed by atoms with E-state index in [4.69, 9.17) is 10.2 Å². The second-order valence-corrected chi connectivity index (χ2v) is 6.09. The average molecular weight is 313 g/mol. The standard InChI is InChI=1S/C12H11NO5S2/c14-10(15)2-1-6(12(17)18)13-11(16)9-5-8-7(20-9)3-4-19-8/h3-6H,1-2H2,(H,13,16)(H,14,15)(H,17,18). The number of hydrogen-bond donors (Lipinski definition) is 3. The summed E-state index contributed by atoms with van der Waals surface area (Å²) in [5, 5.41) is 21.8. The van der Waals surface area contributed by atoms with Gasteiger partial charge in [-0.3, -0.25) is 9.59 Å². The molecule has 1 atom stereocenters. The van der Waals surface area contributed by atoms with E-state index >= 15 is 0 Å². The zero-order valence-electron chi connectivity index (χ0n) is 10.2. The number of amides is 1. The first-order chi connectivity index (χ1) is 9.47. The van der Waals surface area contributed by atoms with Crippen LogP contribution in [0.5, 0.6) is 0 Å². The quantitative estimate of drug-likeness (QED) is 0.757. The molecule has 106 valence electrons. The molecule has 0 spiro atoms. The van der Waals surface area contributed by atoms with Crippen molar-refractivity contribution >= 4 is 49.9 Å². The largest absolute Gasteiger partial charge is 0.481 e. The third-order valence-corrected chi connectivity index (χ3v) is 4.71. The van der Waals surface area contributed by atoms with Crippen LogP contribution in [0.4, 0.5) is 0 Å². The number of carboxylic acids is 2. The van der Waals surface area contributed by atoms with Gasteiger partial charge in [0, 0.05) is 15.8 Å². The Balaban J connectivity index is 2.05. The third kappa shape index (κ3) is 3.34. The molecule has 6 nitrogen and oxygen atoms in total. The van der Waals surface area contributed by atoms with Crippen LogP contribution in [0.1, 0.15) is 22.5 Å². The van der Waals surface area contributed by atoms with Crippen LogP contribution in [0, 0.1) is 0 Å². The van der Waals surface area contributed by atoms with E-state index in [0.717, 1.165) is 9.40 Å². The van der Waals surface area contributed by atoms with Gasteiger partial charge >= 0.3 is 11.9 Å². The average Bonchev–Trinajstić information content (AvgIpc) is 2.93. The molecular weight excluding hydrogens is 302 g/mol. The lowest BCUT2D eigenvalue weighted by Gasteiger charge is -2.12. The molecule has 0 saturated carbocycles. The normalized spacial score (nSPS) is 12.2. The number of carbonyl (C=O) groups excluding carboxylic acids is 1. The Kier molecular flexibility index (Phi) is 4.35. The van der Waals surface area contributed by atoms with E-state index in [1.165, 1.54) is 22.7 Å². The minimum absolute atomic E-state index is 0.143. The first-order valence-corrected chi connectivity index (χ1v) is 7.39. The van der Waals surface area contributed by atoms with Crippen molar-refractivity contribution in [2.24, 2.45) is 0 Å². The Morgan fingerprint density at radius 1 is 1.25 bits per heavy atom. The minimum Gasteiger partial charge on any atom is -0.481 e. The van der Waals surface area contributed by atoms with Gasteiger partial charge in [-0.15, -0.1) is 22.7 Å². The molecule has 1 unspecified atom stereocenters. The summed E-state index contributed by atoms with van der Waals surface area (Å²) in [5.74, 6) is -2.82. The molecule has 0 radical (unpaired) electrons. The van der Waals surface area contributed by atoms with Gasteiger partial charge in [-0.2, -0.15) is 0 Å². The summed E-state index contributed by atoms with van der Waals surface area (Å²) in [5.41, 5.74) is 0. The van der Waals surface area contributed by atoms with Crippen LogP contribution in [0.15, 0.2) is 17.5 Å². The monoisotopic (exact) mass is 313 g/mol. The fourth-order valence-electron chi connectivity index (χ4n) is 1.63. The molecule has 0 aliphatic heterocycles. The van der Waals surface area contributed by atoms with Crippen molar-refractivity contribution in [2.45, 2.75) is 18.9 Å². The number of carbonyl (C=O) groups is 3. The van der Waals surface area contributed by atoms with Crippen molar-refractivity contribution in [3.05, 3.63) is 22.4 Å². The van der Waals surface area contributed by atoms with E-state index in [-0.39, 0.29) is 12.8 Å². The van der Waals surface area contributed by atoms with Crippen LogP contribution >= 0.6 is 22.7 Å². The fourth-order valence-corrected chi connectivity index (χ4v) is 3.64.